The third kappa shape index (κ3) is 4.57. The monoisotopic (exact) mass is 364 g/mol. The zero-order valence-corrected chi connectivity index (χ0v) is 15.4. The number of ether oxygens (including phenoxy) is 1. The van der Waals surface area contributed by atoms with E-state index in [9.17, 15) is 4.79 Å². The van der Waals surface area contributed by atoms with E-state index >= 15 is 0 Å². The van der Waals surface area contributed by atoms with Crippen molar-refractivity contribution < 1.29 is 9.53 Å². The minimum absolute atomic E-state index is 0.0422. The van der Waals surface area contributed by atoms with E-state index < -0.39 is 0 Å². The molecule has 2 N–H and O–H groups in total. The van der Waals surface area contributed by atoms with Gasteiger partial charge in [-0.25, -0.2) is 4.79 Å². The number of urea groups is 1. The second kappa shape index (κ2) is 9.06. The lowest BCUT2D eigenvalue weighted by molar-refractivity contribution is 0.224. The fourth-order valence-electron chi connectivity index (χ4n) is 3.48. The van der Waals surface area contributed by atoms with E-state index in [2.05, 4.69) is 21.6 Å². The lowest BCUT2D eigenvalue weighted by atomic mass is 10.0. The molecule has 0 bridgehead atoms. The third-order valence-electron chi connectivity index (χ3n) is 4.83. The van der Waals surface area contributed by atoms with E-state index in [4.69, 9.17) is 10.00 Å². The van der Waals surface area contributed by atoms with Crippen molar-refractivity contribution in [3.8, 4) is 11.8 Å². The molecule has 0 saturated carbocycles. The Morgan fingerprint density at radius 3 is 2.63 bits per heavy atom. The molecule has 1 aliphatic rings. The lowest BCUT2D eigenvalue weighted by Gasteiger charge is -2.29. The number of nitrogens with one attached hydrogen (secondary N) is 2. The lowest BCUT2D eigenvalue weighted by Crippen LogP contribution is -2.38. The average molecular weight is 364 g/mol. The quantitative estimate of drug-likeness (QED) is 0.822. The van der Waals surface area contributed by atoms with Crippen molar-refractivity contribution in [2.45, 2.75) is 18.9 Å². The van der Waals surface area contributed by atoms with Gasteiger partial charge in [-0.1, -0.05) is 30.3 Å². The number of carbonyl (C=O) groups is 1. The van der Waals surface area contributed by atoms with E-state index in [1.807, 2.05) is 24.3 Å². The van der Waals surface area contributed by atoms with Crippen LogP contribution in [0.2, 0.25) is 0 Å². The Balaban J connectivity index is 1.71. The number of methoxy groups -OCH3 is 1. The molecule has 0 aliphatic carbocycles. The maximum atomic E-state index is 12.4. The number of nitriles is 1. The Kier molecular flexibility index (Phi) is 6.29. The number of amides is 2. The highest BCUT2D eigenvalue weighted by Crippen LogP contribution is 2.31. The third-order valence-corrected chi connectivity index (χ3v) is 4.83. The van der Waals surface area contributed by atoms with Gasteiger partial charge in [0.2, 0.25) is 0 Å². The number of nitrogens with zero attached hydrogens (tertiary/aromatic N) is 2. The molecule has 6 heteroatoms. The van der Waals surface area contributed by atoms with E-state index in [1.165, 1.54) is 0 Å². The zero-order chi connectivity index (χ0) is 19.1. The molecule has 1 unspecified atom stereocenters. The van der Waals surface area contributed by atoms with Crippen molar-refractivity contribution in [3.63, 3.8) is 0 Å². The SMILES string of the molecule is COc1ccccc1C(CNC(=O)Nc1ccccc1C#N)N1CCCC1. The van der Waals surface area contributed by atoms with Gasteiger partial charge in [0.05, 0.1) is 24.4 Å². The number of likely N-dealkylation sites (tertiary alicyclic amines) is 1. The average Bonchev–Trinajstić information content (AvgIpc) is 3.23. The first kappa shape index (κ1) is 18.7. The van der Waals surface area contributed by atoms with Gasteiger partial charge in [0.15, 0.2) is 0 Å². The first-order valence-corrected chi connectivity index (χ1v) is 9.14. The molecule has 6 nitrogen and oxygen atoms in total. The van der Waals surface area contributed by atoms with Crippen molar-refractivity contribution in [3.05, 3.63) is 59.7 Å². The summed E-state index contributed by atoms with van der Waals surface area (Å²) >= 11 is 0. The topological polar surface area (TPSA) is 77.4 Å². The first-order valence-electron chi connectivity index (χ1n) is 9.14. The van der Waals surface area contributed by atoms with Crippen molar-refractivity contribution in [1.82, 2.24) is 10.2 Å². The molecule has 2 amide bonds. The molecule has 0 radical (unpaired) electrons. The molecule has 0 spiro atoms. The molecule has 1 fully saturated rings. The van der Waals surface area contributed by atoms with Crippen molar-refractivity contribution >= 4 is 11.7 Å². The molecule has 0 aromatic heterocycles. The van der Waals surface area contributed by atoms with Crippen LogP contribution in [0.15, 0.2) is 48.5 Å². The Morgan fingerprint density at radius 2 is 1.89 bits per heavy atom. The fraction of sp³-hybridized carbons (Fsp3) is 0.333. The molecule has 2 aromatic carbocycles. The van der Waals surface area contributed by atoms with E-state index in [-0.39, 0.29) is 12.1 Å². The van der Waals surface area contributed by atoms with Gasteiger partial charge in [0.25, 0.3) is 0 Å². The summed E-state index contributed by atoms with van der Waals surface area (Å²) in [7, 11) is 1.67. The highest BCUT2D eigenvalue weighted by molar-refractivity contribution is 5.90. The summed E-state index contributed by atoms with van der Waals surface area (Å²) in [4.78, 5) is 14.8. The van der Waals surface area contributed by atoms with E-state index in [0.717, 1.165) is 37.2 Å². The van der Waals surface area contributed by atoms with E-state index in [0.29, 0.717) is 17.8 Å². The summed E-state index contributed by atoms with van der Waals surface area (Å²) in [5.41, 5.74) is 2.01. The molecule has 1 aliphatic heterocycles. The van der Waals surface area contributed by atoms with Crippen LogP contribution in [0.1, 0.15) is 30.0 Å². The Morgan fingerprint density at radius 1 is 1.19 bits per heavy atom. The number of carbonyl (C=O) groups excluding carboxylic acids is 1. The summed E-state index contributed by atoms with van der Waals surface area (Å²) in [5.74, 6) is 0.825. The van der Waals surface area contributed by atoms with Crippen LogP contribution in [0.5, 0.6) is 5.75 Å². The van der Waals surface area contributed by atoms with Gasteiger partial charge in [-0.05, 0) is 44.1 Å². The second-order valence-electron chi connectivity index (χ2n) is 6.49. The van der Waals surface area contributed by atoms with Crippen LogP contribution in [0.3, 0.4) is 0 Å². The van der Waals surface area contributed by atoms with Crippen LogP contribution in [0.25, 0.3) is 0 Å². The van der Waals surface area contributed by atoms with Crippen molar-refractivity contribution in [2.24, 2.45) is 0 Å². The molecule has 3 rings (SSSR count). The number of rotatable bonds is 6. The van der Waals surface area contributed by atoms with Crippen LogP contribution in [0, 0.1) is 11.3 Å². The Hall–Kier alpha value is -3.04. The van der Waals surface area contributed by atoms with Crippen LogP contribution < -0.4 is 15.4 Å². The first-order chi connectivity index (χ1) is 13.2. The van der Waals surface area contributed by atoms with Gasteiger partial charge in [-0.2, -0.15) is 5.26 Å². The van der Waals surface area contributed by atoms with Gasteiger partial charge < -0.3 is 15.4 Å². The highest BCUT2D eigenvalue weighted by Gasteiger charge is 2.26. The Bertz CT molecular complexity index is 825. The van der Waals surface area contributed by atoms with Gasteiger partial charge in [-0.3, -0.25) is 4.90 Å². The largest absolute Gasteiger partial charge is 0.496 e. The van der Waals surface area contributed by atoms with Crippen molar-refractivity contribution in [2.75, 3.05) is 32.1 Å². The number of para-hydroxylation sites is 2. The zero-order valence-electron chi connectivity index (χ0n) is 15.4. The number of anilines is 1. The van der Waals surface area contributed by atoms with Crippen LogP contribution >= 0.6 is 0 Å². The smallest absolute Gasteiger partial charge is 0.319 e. The standard InChI is InChI=1S/C21H24N4O2/c1-27-20-11-5-3-9-17(20)19(25-12-6-7-13-25)15-23-21(26)24-18-10-4-2-8-16(18)14-22/h2-5,8-11,19H,6-7,12-13,15H2,1H3,(H2,23,24,26). The number of hydrogen-bond donors (Lipinski definition) is 2. The van der Waals surface area contributed by atoms with E-state index in [1.54, 1.807) is 31.4 Å². The molecular weight excluding hydrogens is 340 g/mol. The van der Waals surface area contributed by atoms with Gasteiger partial charge in [0.1, 0.15) is 11.8 Å². The minimum atomic E-state index is -0.322. The summed E-state index contributed by atoms with van der Waals surface area (Å²) in [6.45, 7) is 2.47. The van der Waals surface area contributed by atoms with Gasteiger partial charge in [-0.15, -0.1) is 0 Å². The van der Waals surface area contributed by atoms with Gasteiger partial charge in [0, 0.05) is 12.1 Å². The number of benzene rings is 2. The highest BCUT2D eigenvalue weighted by atomic mass is 16.5. The molecule has 1 saturated heterocycles. The molecule has 140 valence electrons. The van der Waals surface area contributed by atoms with Crippen LogP contribution in [-0.4, -0.2) is 37.7 Å². The molecule has 1 heterocycles. The molecule has 2 aromatic rings. The van der Waals surface area contributed by atoms with Crippen LogP contribution in [0.4, 0.5) is 10.5 Å². The number of hydrogen-bond acceptors (Lipinski definition) is 4. The minimum Gasteiger partial charge on any atom is -0.496 e. The molecular formula is C21H24N4O2. The predicted molar refractivity (Wildman–Crippen MR) is 105 cm³/mol. The Labute approximate surface area is 159 Å². The summed E-state index contributed by atoms with van der Waals surface area (Å²) in [6.07, 6.45) is 2.32. The maximum absolute atomic E-state index is 12.4. The molecule has 27 heavy (non-hydrogen) atoms. The normalized spacial score (nSPS) is 15.0. The van der Waals surface area contributed by atoms with Crippen LogP contribution in [-0.2, 0) is 0 Å². The fourth-order valence-corrected chi connectivity index (χ4v) is 3.48. The summed E-state index contributed by atoms with van der Waals surface area (Å²) < 4.78 is 5.53. The van der Waals surface area contributed by atoms with Gasteiger partial charge >= 0.3 is 6.03 Å². The maximum Gasteiger partial charge on any atom is 0.319 e. The summed E-state index contributed by atoms with van der Waals surface area (Å²) in [5, 5.41) is 14.9. The second-order valence-corrected chi connectivity index (χ2v) is 6.49. The predicted octanol–water partition coefficient (Wildman–Crippen LogP) is 3.53. The molecule has 1 atom stereocenters. The summed E-state index contributed by atoms with van der Waals surface area (Å²) in [6, 6.07) is 16.7. The van der Waals surface area contributed by atoms with Crippen molar-refractivity contribution in [1.29, 1.82) is 5.26 Å².